The summed E-state index contributed by atoms with van der Waals surface area (Å²) >= 11 is 0. The van der Waals surface area contributed by atoms with Crippen molar-refractivity contribution in [2.75, 3.05) is 36.4 Å². The molecule has 27 heavy (non-hydrogen) atoms. The number of aryl methyl sites for hydroxylation is 2. The second-order valence-electron chi connectivity index (χ2n) is 6.79. The van der Waals surface area contributed by atoms with E-state index < -0.39 is 17.8 Å². The second-order valence-corrected chi connectivity index (χ2v) is 6.79. The topological polar surface area (TPSA) is 35.6 Å². The molecule has 2 amide bonds. The van der Waals surface area contributed by atoms with E-state index in [0.29, 0.717) is 26.2 Å². The quantitative estimate of drug-likeness (QED) is 0.825. The van der Waals surface area contributed by atoms with Crippen LogP contribution in [0.4, 0.5) is 29.3 Å². The van der Waals surface area contributed by atoms with Gasteiger partial charge in [-0.25, -0.2) is 4.79 Å². The molecule has 1 saturated heterocycles. The molecule has 2 aromatic carbocycles. The first-order valence-corrected chi connectivity index (χ1v) is 8.79. The van der Waals surface area contributed by atoms with Gasteiger partial charge in [0.25, 0.3) is 0 Å². The molecule has 1 aliphatic rings. The monoisotopic (exact) mass is 377 g/mol. The van der Waals surface area contributed by atoms with E-state index >= 15 is 0 Å². The maximum atomic E-state index is 13.1. The molecule has 0 saturated carbocycles. The lowest BCUT2D eigenvalue weighted by molar-refractivity contribution is -0.136. The maximum Gasteiger partial charge on any atom is 0.418 e. The lowest BCUT2D eigenvalue weighted by Crippen LogP contribution is -2.50. The largest absolute Gasteiger partial charge is 0.418 e. The molecule has 3 rings (SSSR count). The van der Waals surface area contributed by atoms with Crippen LogP contribution in [0.1, 0.15) is 16.7 Å². The first-order valence-electron chi connectivity index (χ1n) is 8.79. The Kier molecular flexibility index (Phi) is 5.30. The number of halogens is 3. The number of hydrogen-bond donors (Lipinski definition) is 1. The molecular weight excluding hydrogens is 355 g/mol. The van der Waals surface area contributed by atoms with Crippen LogP contribution >= 0.6 is 0 Å². The predicted octanol–water partition coefficient (Wildman–Crippen LogP) is 4.68. The van der Waals surface area contributed by atoms with Crippen molar-refractivity contribution in [1.29, 1.82) is 0 Å². The summed E-state index contributed by atoms with van der Waals surface area (Å²) in [5.74, 6) is 0. The van der Waals surface area contributed by atoms with E-state index in [2.05, 4.69) is 28.4 Å². The number of carbonyl (C=O) groups is 1. The Morgan fingerprint density at radius 3 is 2.15 bits per heavy atom. The standard InChI is InChI=1S/C20H22F3N3O/c1-14-11-15(2)13-16(12-14)25-7-9-26(10-8-25)19(27)24-18-6-4-3-5-17(18)20(21,22)23/h3-6,11-13H,7-10H2,1-2H3,(H,24,27). The number of nitrogens with one attached hydrogen (secondary N) is 1. The van der Waals surface area contributed by atoms with Gasteiger partial charge < -0.3 is 15.1 Å². The van der Waals surface area contributed by atoms with Crippen molar-refractivity contribution in [3.05, 3.63) is 59.2 Å². The first-order chi connectivity index (χ1) is 12.7. The maximum absolute atomic E-state index is 13.1. The minimum atomic E-state index is -4.51. The van der Waals surface area contributed by atoms with Gasteiger partial charge in [0, 0.05) is 31.9 Å². The molecule has 0 aliphatic carbocycles. The summed E-state index contributed by atoms with van der Waals surface area (Å²) in [6.45, 7) is 6.26. The molecule has 0 unspecified atom stereocenters. The fourth-order valence-corrected chi connectivity index (χ4v) is 3.33. The molecule has 2 aromatic rings. The minimum Gasteiger partial charge on any atom is -0.368 e. The van der Waals surface area contributed by atoms with Crippen molar-refractivity contribution in [1.82, 2.24) is 4.90 Å². The third-order valence-corrected chi connectivity index (χ3v) is 4.61. The minimum absolute atomic E-state index is 0.216. The molecule has 1 fully saturated rings. The first kappa shape index (κ1) is 19.1. The Hall–Kier alpha value is -2.70. The number of carbonyl (C=O) groups excluding carboxylic acids is 1. The molecule has 144 valence electrons. The molecule has 7 heteroatoms. The van der Waals surface area contributed by atoms with Gasteiger partial charge in [-0.15, -0.1) is 0 Å². The Bertz CT molecular complexity index is 807. The number of nitrogens with zero attached hydrogens (tertiary/aromatic N) is 2. The van der Waals surface area contributed by atoms with Crippen molar-refractivity contribution in [2.24, 2.45) is 0 Å². The Balaban J connectivity index is 1.64. The lowest BCUT2D eigenvalue weighted by atomic mass is 10.1. The lowest BCUT2D eigenvalue weighted by Gasteiger charge is -2.36. The van der Waals surface area contributed by atoms with Gasteiger partial charge in [-0.1, -0.05) is 18.2 Å². The van der Waals surface area contributed by atoms with Crippen LogP contribution in [0, 0.1) is 13.8 Å². The molecular formula is C20H22F3N3O. The van der Waals surface area contributed by atoms with Gasteiger partial charge in [0.2, 0.25) is 0 Å². The van der Waals surface area contributed by atoms with Crippen LogP contribution in [0.3, 0.4) is 0 Å². The summed E-state index contributed by atoms with van der Waals surface area (Å²) in [4.78, 5) is 16.2. The van der Waals surface area contributed by atoms with Crippen LogP contribution in [0.2, 0.25) is 0 Å². The highest BCUT2D eigenvalue weighted by molar-refractivity contribution is 5.90. The van der Waals surface area contributed by atoms with E-state index in [1.807, 2.05) is 13.8 Å². The molecule has 0 radical (unpaired) electrons. The molecule has 0 spiro atoms. The van der Waals surface area contributed by atoms with Gasteiger partial charge in [-0.05, 0) is 49.2 Å². The highest BCUT2D eigenvalue weighted by atomic mass is 19.4. The molecule has 4 nitrogen and oxygen atoms in total. The Morgan fingerprint density at radius 2 is 1.56 bits per heavy atom. The Morgan fingerprint density at radius 1 is 0.963 bits per heavy atom. The van der Waals surface area contributed by atoms with Crippen molar-refractivity contribution in [3.8, 4) is 0 Å². The zero-order chi connectivity index (χ0) is 19.6. The summed E-state index contributed by atoms with van der Waals surface area (Å²) < 4.78 is 39.2. The van der Waals surface area contributed by atoms with Gasteiger partial charge in [-0.3, -0.25) is 0 Å². The SMILES string of the molecule is Cc1cc(C)cc(N2CCN(C(=O)Nc3ccccc3C(F)(F)F)CC2)c1. The van der Waals surface area contributed by atoms with Crippen molar-refractivity contribution in [3.63, 3.8) is 0 Å². The summed E-state index contributed by atoms with van der Waals surface area (Å²) in [6.07, 6.45) is -4.51. The number of anilines is 2. The summed E-state index contributed by atoms with van der Waals surface area (Å²) in [5.41, 5.74) is 2.40. The van der Waals surface area contributed by atoms with Gasteiger partial charge in [0.1, 0.15) is 0 Å². The third kappa shape index (κ3) is 4.53. The number of alkyl halides is 3. The van der Waals surface area contributed by atoms with Crippen LogP contribution in [-0.4, -0.2) is 37.1 Å². The smallest absolute Gasteiger partial charge is 0.368 e. The molecule has 0 bridgehead atoms. The number of piperazine rings is 1. The highest BCUT2D eigenvalue weighted by Gasteiger charge is 2.34. The molecule has 1 aliphatic heterocycles. The molecule has 0 atom stereocenters. The summed E-state index contributed by atoms with van der Waals surface area (Å²) in [7, 11) is 0. The summed E-state index contributed by atoms with van der Waals surface area (Å²) in [6, 6.07) is 10.8. The van der Waals surface area contributed by atoms with Crippen LogP contribution in [0.25, 0.3) is 0 Å². The number of rotatable bonds is 2. The van der Waals surface area contributed by atoms with Crippen LogP contribution < -0.4 is 10.2 Å². The molecule has 1 heterocycles. The predicted molar refractivity (Wildman–Crippen MR) is 100 cm³/mol. The Labute approximate surface area is 156 Å². The average molecular weight is 377 g/mol. The van der Waals surface area contributed by atoms with E-state index in [1.165, 1.54) is 29.3 Å². The van der Waals surface area contributed by atoms with E-state index in [0.717, 1.165) is 11.8 Å². The summed E-state index contributed by atoms with van der Waals surface area (Å²) in [5, 5.41) is 2.41. The van der Waals surface area contributed by atoms with Crippen LogP contribution in [0.15, 0.2) is 42.5 Å². The van der Waals surface area contributed by atoms with Gasteiger partial charge in [0.05, 0.1) is 11.3 Å². The highest BCUT2D eigenvalue weighted by Crippen LogP contribution is 2.34. The fraction of sp³-hybridized carbons (Fsp3) is 0.350. The third-order valence-electron chi connectivity index (χ3n) is 4.61. The van der Waals surface area contributed by atoms with Crippen LogP contribution in [-0.2, 0) is 6.18 Å². The number of para-hydroxylation sites is 1. The molecule has 1 N–H and O–H groups in total. The fourth-order valence-electron chi connectivity index (χ4n) is 3.33. The zero-order valence-corrected chi connectivity index (χ0v) is 15.3. The van der Waals surface area contributed by atoms with Crippen molar-refractivity contribution in [2.45, 2.75) is 20.0 Å². The molecule has 0 aromatic heterocycles. The van der Waals surface area contributed by atoms with Gasteiger partial charge in [0.15, 0.2) is 0 Å². The van der Waals surface area contributed by atoms with Gasteiger partial charge in [-0.2, -0.15) is 13.2 Å². The normalized spacial score (nSPS) is 15.0. The van der Waals surface area contributed by atoms with E-state index in [4.69, 9.17) is 0 Å². The van der Waals surface area contributed by atoms with E-state index in [9.17, 15) is 18.0 Å². The second kappa shape index (κ2) is 7.50. The average Bonchev–Trinajstić information content (AvgIpc) is 2.60. The van der Waals surface area contributed by atoms with Crippen LogP contribution in [0.5, 0.6) is 0 Å². The number of hydrogen-bond acceptors (Lipinski definition) is 2. The number of urea groups is 1. The van der Waals surface area contributed by atoms with Crippen molar-refractivity contribution < 1.29 is 18.0 Å². The number of amides is 2. The van der Waals surface area contributed by atoms with E-state index in [1.54, 1.807) is 4.90 Å². The number of benzene rings is 2. The van der Waals surface area contributed by atoms with E-state index in [-0.39, 0.29) is 5.69 Å². The van der Waals surface area contributed by atoms with Gasteiger partial charge >= 0.3 is 12.2 Å². The zero-order valence-electron chi connectivity index (χ0n) is 15.3. The van der Waals surface area contributed by atoms with Crippen molar-refractivity contribution >= 4 is 17.4 Å².